The Morgan fingerprint density at radius 1 is 0.783 bits per heavy atom. The molecule has 0 heterocycles. The number of carbonyl (C=O) groups excluding carboxylic acids is 2. The molecule has 0 spiro atoms. The molecule has 0 aliphatic rings. The first kappa shape index (κ1) is 35.0. The van der Waals surface area contributed by atoms with Crippen LogP contribution in [0.5, 0.6) is 0 Å². The van der Waals surface area contributed by atoms with E-state index in [4.69, 9.17) is 23.2 Å². The topological polar surface area (TPSA) is 86.8 Å². The maximum Gasteiger partial charge on any atom is 0.264 e. The van der Waals surface area contributed by atoms with Crippen LogP contribution in [0.2, 0.25) is 10.0 Å². The van der Waals surface area contributed by atoms with Crippen molar-refractivity contribution in [3.05, 3.63) is 129 Å². The molecule has 0 aliphatic carbocycles. The fourth-order valence-corrected chi connectivity index (χ4v) is 6.92. The summed E-state index contributed by atoms with van der Waals surface area (Å²) < 4.78 is 29.5. The lowest BCUT2D eigenvalue weighted by Gasteiger charge is -2.35. The molecule has 1 N–H and O–H groups in total. The van der Waals surface area contributed by atoms with Gasteiger partial charge in [0.25, 0.3) is 10.0 Å². The van der Waals surface area contributed by atoms with Gasteiger partial charge >= 0.3 is 0 Å². The highest BCUT2D eigenvalue weighted by Crippen LogP contribution is 2.28. The third-order valence-electron chi connectivity index (χ3n) is 7.21. The van der Waals surface area contributed by atoms with Crippen LogP contribution in [0.25, 0.3) is 0 Å². The number of hydrogen-bond acceptors (Lipinski definition) is 4. The molecule has 0 radical (unpaired) electrons. The van der Waals surface area contributed by atoms with Crippen molar-refractivity contribution in [2.24, 2.45) is 0 Å². The van der Waals surface area contributed by atoms with Gasteiger partial charge in [-0.1, -0.05) is 83.9 Å². The molecule has 46 heavy (non-hydrogen) atoms. The van der Waals surface area contributed by atoms with Crippen LogP contribution in [-0.4, -0.2) is 43.3 Å². The average molecular weight is 681 g/mol. The number of aryl methyl sites for hydroxylation is 2. The van der Waals surface area contributed by atoms with Crippen LogP contribution >= 0.6 is 23.2 Å². The molecule has 7 nitrogen and oxygen atoms in total. The van der Waals surface area contributed by atoms with Crippen molar-refractivity contribution < 1.29 is 18.0 Å². The Hall–Kier alpha value is -3.85. The Balaban J connectivity index is 1.85. The second-order valence-corrected chi connectivity index (χ2v) is 15.1. The number of nitrogens with one attached hydrogen (secondary N) is 1. The van der Waals surface area contributed by atoms with E-state index in [0.29, 0.717) is 21.3 Å². The van der Waals surface area contributed by atoms with E-state index >= 15 is 0 Å². The lowest BCUT2D eigenvalue weighted by Crippen LogP contribution is -2.56. The Labute approximate surface area is 282 Å². The van der Waals surface area contributed by atoms with Crippen LogP contribution < -0.4 is 9.62 Å². The first-order valence-electron chi connectivity index (χ1n) is 14.9. The Morgan fingerprint density at radius 2 is 1.37 bits per heavy atom. The van der Waals surface area contributed by atoms with Gasteiger partial charge in [0.2, 0.25) is 11.8 Å². The highest BCUT2D eigenvalue weighted by Gasteiger charge is 2.35. The molecule has 0 aromatic heterocycles. The van der Waals surface area contributed by atoms with E-state index in [1.165, 1.54) is 17.0 Å². The van der Waals surface area contributed by atoms with Crippen molar-refractivity contribution in [2.75, 3.05) is 10.8 Å². The number of hydrogen-bond donors (Lipinski definition) is 1. The molecule has 1 atom stereocenters. The van der Waals surface area contributed by atoms with Gasteiger partial charge in [0.1, 0.15) is 12.6 Å². The molecule has 242 valence electrons. The molecule has 0 unspecified atom stereocenters. The van der Waals surface area contributed by atoms with E-state index in [2.05, 4.69) is 5.32 Å². The van der Waals surface area contributed by atoms with Crippen molar-refractivity contribution in [3.63, 3.8) is 0 Å². The molecule has 0 aliphatic heterocycles. The molecule has 4 aromatic carbocycles. The van der Waals surface area contributed by atoms with E-state index in [-0.39, 0.29) is 23.8 Å². The van der Waals surface area contributed by atoms with E-state index in [1.807, 2.05) is 71.0 Å². The summed E-state index contributed by atoms with van der Waals surface area (Å²) in [4.78, 5) is 30.1. The van der Waals surface area contributed by atoms with Gasteiger partial charge in [-0.25, -0.2) is 8.42 Å². The van der Waals surface area contributed by atoms with Gasteiger partial charge in [0.15, 0.2) is 0 Å². The summed E-state index contributed by atoms with van der Waals surface area (Å²) in [5, 5.41) is 3.68. The van der Waals surface area contributed by atoms with Gasteiger partial charge < -0.3 is 10.2 Å². The molecule has 0 bridgehead atoms. The number of benzene rings is 4. The van der Waals surface area contributed by atoms with Crippen molar-refractivity contribution in [2.45, 2.75) is 64.1 Å². The highest BCUT2D eigenvalue weighted by molar-refractivity contribution is 7.92. The zero-order valence-electron chi connectivity index (χ0n) is 26.6. The molecule has 0 saturated heterocycles. The Morgan fingerprint density at radius 3 is 1.93 bits per heavy atom. The minimum Gasteiger partial charge on any atom is -0.350 e. The lowest BCUT2D eigenvalue weighted by atomic mass is 10.0. The van der Waals surface area contributed by atoms with Crippen LogP contribution in [0.3, 0.4) is 0 Å². The number of halogens is 2. The molecule has 10 heteroatoms. The van der Waals surface area contributed by atoms with E-state index in [9.17, 15) is 18.0 Å². The zero-order chi connectivity index (χ0) is 33.6. The molecule has 4 rings (SSSR count). The third-order valence-corrected chi connectivity index (χ3v) is 9.74. The van der Waals surface area contributed by atoms with Crippen LogP contribution in [-0.2, 0) is 32.6 Å². The SMILES string of the molecule is Cc1cc(C)cc(N(CC(=O)N(Cc2ccc(Cl)c(Cl)c2)[C@H](Cc2ccccc2)C(=O)NC(C)(C)C)S(=O)(=O)c2ccccc2)c1. The van der Waals surface area contributed by atoms with Gasteiger partial charge in [-0.2, -0.15) is 0 Å². The maximum atomic E-state index is 14.6. The number of rotatable bonds is 11. The number of nitrogens with zero attached hydrogens (tertiary/aromatic N) is 2. The van der Waals surface area contributed by atoms with Crippen LogP contribution in [0.1, 0.15) is 43.0 Å². The summed E-state index contributed by atoms with van der Waals surface area (Å²) in [6.45, 7) is 8.77. The quantitative estimate of drug-likeness (QED) is 0.179. The van der Waals surface area contributed by atoms with E-state index in [1.54, 1.807) is 48.5 Å². The molecular formula is C36H39Cl2N3O4S. The van der Waals surface area contributed by atoms with Crippen molar-refractivity contribution in [1.29, 1.82) is 0 Å². The highest BCUT2D eigenvalue weighted by atomic mass is 35.5. The normalized spacial score (nSPS) is 12.3. The standard InChI is InChI=1S/C36H39Cl2N3O4S/c1-25-18-26(2)20-29(19-25)41(46(44,45)30-14-10-7-11-15-30)24-34(42)40(23-28-16-17-31(37)32(38)21-28)33(35(43)39-36(3,4)5)22-27-12-8-6-9-13-27/h6-21,33H,22-24H2,1-5H3,(H,39,43)/t33-/m1/s1. The minimum absolute atomic E-state index is 0.0170. The fourth-order valence-electron chi connectivity index (χ4n) is 5.18. The molecular weight excluding hydrogens is 641 g/mol. The van der Waals surface area contributed by atoms with Crippen molar-refractivity contribution >= 4 is 50.7 Å². The zero-order valence-corrected chi connectivity index (χ0v) is 29.0. The maximum absolute atomic E-state index is 14.6. The second-order valence-electron chi connectivity index (χ2n) is 12.4. The number of carbonyl (C=O) groups is 2. The van der Waals surface area contributed by atoms with Crippen LogP contribution in [0.15, 0.2) is 102 Å². The Kier molecular flexibility index (Phi) is 11.2. The van der Waals surface area contributed by atoms with Gasteiger partial charge in [0, 0.05) is 18.5 Å². The summed E-state index contributed by atoms with van der Waals surface area (Å²) in [5.74, 6) is -0.927. The predicted molar refractivity (Wildman–Crippen MR) is 186 cm³/mol. The molecule has 4 aromatic rings. The Bertz CT molecular complexity index is 1770. The van der Waals surface area contributed by atoms with Crippen molar-refractivity contribution in [3.8, 4) is 0 Å². The summed E-state index contributed by atoms with van der Waals surface area (Å²) in [7, 11) is -4.19. The van der Waals surface area contributed by atoms with Crippen LogP contribution in [0, 0.1) is 13.8 Å². The monoisotopic (exact) mass is 679 g/mol. The first-order valence-corrected chi connectivity index (χ1v) is 17.1. The second kappa shape index (κ2) is 14.7. The van der Waals surface area contributed by atoms with Gasteiger partial charge in [-0.05, 0) is 93.3 Å². The summed E-state index contributed by atoms with van der Waals surface area (Å²) in [6, 6.07) is 26.8. The van der Waals surface area contributed by atoms with Crippen LogP contribution in [0.4, 0.5) is 5.69 Å². The molecule has 0 fully saturated rings. The number of sulfonamides is 1. The van der Waals surface area contributed by atoms with E-state index in [0.717, 1.165) is 21.0 Å². The first-order chi connectivity index (χ1) is 21.6. The average Bonchev–Trinajstić information content (AvgIpc) is 2.98. The summed E-state index contributed by atoms with van der Waals surface area (Å²) in [5.41, 5.74) is 2.92. The third kappa shape index (κ3) is 9.12. The van der Waals surface area contributed by atoms with Crippen molar-refractivity contribution in [1.82, 2.24) is 10.2 Å². The predicted octanol–water partition coefficient (Wildman–Crippen LogP) is 7.36. The summed E-state index contributed by atoms with van der Waals surface area (Å²) in [6.07, 6.45) is 0.199. The largest absolute Gasteiger partial charge is 0.350 e. The number of amides is 2. The smallest absolute Gasteiger partial charge is 0.264 e. The van der Waals surface area contributed by atoms with E-state index < -0.39 is 34.1 Å². The fraction of sp³-hybridized carbons (Fsp3) is 0.278. The minimum atomic E-state index is -4.19. The molecule has 0 saturated carbocycles. The van der Waals surface area contributed by atoms with Gasteiger partial charge in [-0.15, -0.1) is 0 Å². The number of anilines is 1. The van der Waals surface area contributed by atoms with Gasteiger partial charge in [0.05, 0.1) is 20.6 Å². The molecule has 2 amide bonds. The summed E-state index contributed by atoms with van der Waals surface area (Å²) >= 11 is 12.5. The van der Waals surface area contributed by atoms with Gasteiger partial charge in [-0.3, -0.25) is 13.9 Å². The lowest BCUT2D eigenvalue weighted by molar-refractivity contribution is -0.140.